The van der Waals surface area contributed by atoms with Crippen molar-refractivity contribution in [3.63, 3.8) is 0 Å². The lowest BCUT2D eigenvalue weighted by atomic mass is 9.87. The van der Waals surface area contributed by atoms with Crippen molar-refractivity contribution in [2.45, 2.75) is 52.1 Å². The van der Waals surface area contributed by atoms with Crippen molar-refractivity contribution >= 4 is 0 Å². The molecule has 2 aliphatic rings. The SMILES string of the molecule is CCC(C)(C)CN1CC(C2CC2)NCC1c1ccccc1. The molecule has 1 saturated carbocycles. The van der Waals surface area contributed by atoms with Gasteiger partial charge in [-0.3, -0.25) is 4.90 Å². The molecule has 0 bridgehead atoms. The van der Waals surface area contributed by atoms with Crippen molar-refractivity contribution in [1.29, 1.82) is 0 Å². The molecule has 1 aliphatic heterocycles. The summed E-state index contributed by atoms with van der Waals surface area (Å²) in [5.41, 5.74) is 1.87. The van der Waals surface area contributed by atoms with Crippen molar-refractivity contribution in [2.24, 2.45) is 11.3 Å². The molecule has 1 N–H and O–H groups in total. The van der Waals surface area contributed by atoms with Crippen LogP contribution in [0.15, 0.2) is 30.3 Å². The van der Waals surface area contributed by atoms with E-state index in [1.54, 1.807) is 0 Å². The highest BCUT2D eigenvalue weighted by atomic mass is 15.2. The van der Waals surface area contributed by atoms with Crippen LogP contribution in [0.2, 0.25) is 0 Å². The van der Waals surface area contributed by atoms with Gasteiger partial charge in [0.25, 0.3) is 0 Å². The van der Waals surface area contributed by atoms with Crippen molar-refractivity contribution in [2.75, 3.05) is 19.6 Å². The highest BCUT2D eigenvalue weighted by Gasteiger charge is 2.38. The number of hydrogen-bond acceptors (Lipinski definition) is 2. The molecule has 2 nitrogen and oxygen atoms in total. The molecular formula is C19H30N2. The standard InChI is InChI=1S/C19H30N2/c1-4-19(2,3)14-21-13-17(15-10-11-15)20-12-18(21)16-8-6-5-7-9-16/h5-9,15,17-18,20H,4,10-14H2,1-3H3. The van der Waals surface area contributed by atoms with Gasteiger partial charge in [-0.15, -0.1) is 0 Å². The topological polar surface area (TPSA) is 15.3 Å². The second-order valence-electron chi connectivity index (χ2n) is 7.73. The predicted molar refractivity (Wildman–Crippen MR) is 89.3 cm³/mol. The first-order valence-corrected chi connectivity index (χ1v) is 8.61. The van der Waals surface area contributed by atoms with Gasteiger partial charge >= 0.3 is 0 Å². The third-order valence-corrected chi connectivity index (χ3v) is 5.41. The van der Waals surface area contributed by atoms with Gasteiger partial charge in [-0.25, -0.2) is 0 Å². The molecule has 2 fully saturated rings. The molecule has 116 valence electrons. The number of nitrogens with one attached hydrogen (secondary N) is 1. The number of rotatable bonds is 5. The van der Waals surface area contributed by atoms with Crippen molar-refractivity contribution in [1.82, 2.24) is 10.2 Å². The smallest absolute Gasteiger partial charge is 0.0473 e. The number of piperazine rings is 1. The van der Waals surface area contributed by atoms with Crippen LogP contribution < -0.4 is 5.32 Å². The summed E-state index contributed by atoms with van der Waals surface area (Å²) in [6, 6.07) is 12.3. The molecule has 2 heteroatoms. The van der Waals surface area contributed by atoms with Crippen molar-refractivity contribution in [3.8, 4) is 0 Å². The quantitative estimate of drug-likeness (QED) is 0.884. The Morgan fingerprint density at radius 2 is 1.90 bits per heavy atom. The summed E-state index contributed by atoms with van der Waals surface area (Å²) in [4.78, 5) is 2.75. The number of benzene rings is 1. The van der Waals surface area contributed by atoms with Crippen LogP contribution in [-0.4, -0.2) is 30.6 Å². The Morgan fingerprint density at radius 1 is 1.19 bits per heavy atom. The van der Waals surface area contributed by atoms with Gasteiger partial charge in [0.15, 0.2) is 0 Å². The van der Waals surface area contributed by atoms with Crippen LogP contribution in [0.25, 0.3) is 0 Å². The maximum Gasteiger partial charge on any atom is 0.0473 e. The van der Waals surface area contributed by atoms with Gasteiger partial charge in [-0.05, 0) is 36.2 Å². The van der Waals surface area contributed by atoms with Gasteiger partial charge in [0.2, 0.25) is 0 Å². The molecule has 0 amide bonds. The van der Waals surface area contributed by atoms with E-state index in [1.165, 1.54) is 37.9 Å². The lowest BCUT2D eigenvalue weighted by molar-refractivity contribution is 0.0768. The molecule has 0 radical (unpaired) electrons. The minimum absolute atomic E-state index is 0.401. The van der Waals surface area contributed by atoms with Crippen LogP contribution in [0.1, 0.15) is 51.6 Å². The molecule has 0 aromatic heterocycles. The summed E-state index contributed by atoms with van der Waals surface area (Å²) in [7, 11) is 0. The zero-order chi connectivity index (χ0) is 14.9. The normalized spacial score (nSPS) is 27.8. The van der Waals surface area contributed by atoms with Gasteiger partial charge in [0.05, 0.1) is 0 Å². The molecule has 1 aromatic carbocycles. The van der Waals surface area contributed by atoms with E-state index in [1.807, 2.05) is 0 Å². The van der Waals surface area contributed by atoms with Gasteiger partial charge in [-0.2, -0.15) is 0 Å². The Balaban J connectivity index is 1.76. The number of nitrogens with zero attached hydrogens (tertiary/aromatic N) is 1. The molecule has 1 saturated heterocycles. The monoisotopic (exact) mass is 286 g/mol. The third kappa shape index (κ3) is 3.67. The van der Waals surface area contributed by atoms with E-state index < -0.39 is 0 Å². The molecular weight excluding hydrogens is 256 g/mol. The van der Waals surface area contributed by atoms with Crippen LogP contribution in [0.5, 0.6) is 0 Å². The predicted octanol–water partition coefficient (Wildman–Crippen LogP) is 3.85. The molecule has 0 spiro atoms. The zero-order valence-corrected chi connectivity index (χ0v) is 13.8. The average molecular weight is 286 g/mol. The van der Waals surface area contributed by atoms with Crippen molar-refractivity contribution in [3.05, 3.63) is 35.9 Å². The Hall–Kier alpha value is -0.860. The average Bonchev–Trinajstić information content (AvgIpc) is 3.32. The van der Waals surface area contributed by atoms with Crippen LogP contribution in [0, 0.1) is 11.3 Å². The Kier molecular flexibility index (Phi) is 4.37. The fraction of sp³-hybridized carbons (Fsp3) is 0.684. The first-order chi connectivity index (χ1) is 10.1. The Morgan fingerprint density at radius 3 is 2.52 bits per heavy atom. The Labute approximate surface area is 129 Å². The van der Waals surface area contributed by atoms with E-state index in [4.69, 9.17) is 0 Å². The van der Waals surface area contributed by atoms with Gasteiger partial charge in [0.1, 0.15) is 0 Å². The minimum Gasteiger partial charge on any atom is -0.311 e. The van der Waals surface area contributed by atoms with E-state index in [9.17, 15) is 0 Å². The minimum atomic E-state index is 0.401. The van der Waals surface area contributed by atoms with Gasteiger partial charge in [0, 0.05) is 31.7 Å². The molecule has 1 heterocycles. The molecule has 3 rings (SSSR count). The maximum atomic E-state index is 3.82. The largest absolute Gasteiger partial charge is 0.311 e. The summed E-state index contributed by atoms with van der Waals surface area (Å²) < 4.78 is 0. The molecule has 1 aromatic rings. The van der Waals surface area contributed by atoms with E-state index >= 15 is 0 Å². The van der Waals surface area contributed by atoms with Crippen LogP contribution >= 0.6 is 0 Å². The van der Waals surface area contributed by atoms with E-state index in [2.05, 4.69) is 61.3 Å². The van der Waals surface area contributed by atoms with E-state index in [0.717, 1.165) is 18.5 Å². The van der Waals surface area contributed by atoms with Crippen molar-refractivity contribution < 1.29 is 0 Å². The summed E-state index contributed by atoms with van der Waals surface area (Å²) in [6.07, 6.45) is 4.10. The third-order valence-electron chi connectivity index (χ3n) is 5.41. The zero-order valence-electron chi connectivity index (χ0n) is 13.8. The fourth-order valence-electron chi connectivity index (χ4n) is 3.49. The fourth-order valence-corrected chi connectivity index (χ4v) is 3.49. The molecule has 2 unspecified atom stereocenters. The number of hydrogen-bond donors (Lipinski definition) is 1. The highest BCUT2D eigenvalue weighted by Crippen LogP contribution is 2.37. The lowest BCUT2D eigenvalue weighted by Gasteiger charge is -2.44. The van der Waals surface area contributed by atoms with E-state index in [0.29, 0.717) is 11.5 Å². The summed E-state index contributed by atoms with van der Waals surface area (Å²) in [6.45, 7) is 10.6. The molecule has 2 atom stereocenters. The molecule has 1 aliphatic carbocycles. The first-order valence-electron chi connectivity index (χ1n) is 8.61. The first kappa shape index (κ1) is 15.1. The summed E-state index contributed by atoms with van der Waals surface area (Å²) >= 11 is 0. The second-order valence-corrected chi connectivity index (χ2v) is 7.73. The van der Waals surface area contributed by atoms with E-state index in [-0.39, 0.29) is 0 Å². The lowest BCUT2D eigenvalue weighted by Crippen LogP contribution is -2.55. The van der Waals surface area contributed by atoms with Crippen LogP contribution in [0.4, 0.5) is 0 Å². The van der Waals surface area contributed by atoms with Gasteiger partial charge in [-0.1, -0.05) is 51.1 Å². The maximum absolute atomic E-state index is 3.82. The summed E-state index contributed by atoms with van der Waals surface area (Å²) in [5.74, 6) is 0.939. The molecule has 21 heavy (non-hydrogen) atoms. The van der Waals surface area contributed by atoms with Gasteiger partial charge < -0.3 is 5.32 Å². The summed E-state index contributed by atoms with van der Waals surface area (Å²) in [5, 5.41) is 3.82. The second kappa shape index (κ2) is 6.10. The van der Waals surface area contributed by atoms with Crippen LogP contribution in [-0.2, 0) is 0 Å². The van der Waals surface area contributed by atoms with Crippen LogP contribution in [0.3, 0.4) is 0 Å². The Bertz CT molecular complexity index is 450. The highest BCUT2D eigenvalue weighted by molar-refractivity contribution is 5.20.